The highest BCUT2D eigenvalue weighted by Crippen LogP contribution is 2.30. The van der Waals surface area contributed by atoms with Crippen LogP contribution in [0.1, 0.15) is 23.4 Å². The van der Waals surface area contributed by atoms with E-state index in [2.05, 4.69) is 29.3 Å². The van der Waals surface area contributed by atoms with Crippen LogP contribution in [0, 0.1) is 5.82 Å². The van der Waals surface area contributed by atoms with E-state index >= 15 is 0 Å². The number of thiophene rings is 1. The van der Waals surface area contributed by atoms with Gasteiger partial charge in [0.2, 0.25) is 0 Å². The van der Waals surface area contributed by atoms with E-state index in [0.29, 0.717) is 13.0 Å². The van der Waals surface area contributed by atoms with Gasteiger partial charge in [-0.25, -0.2) is 4.39 Å². The predicted molar refractivity (Wildman–Crippen MR) is 80.3 cm³/mol. The Labute approximate surface area is 117 Å². The summed E-state index contributed by atoms with van der Waals surface area (Å²) in [4.78, 5) is 3.47. The van der Waals surface area contributed by atoms with Crippen LogP contribution in [0.25, 0.3) is 0 Å². The first-order valence-electron chi connectivity index (χ1n) is 6.38. The molecule has 2 nitrogen and oxygen atoms in total. The Balaban J connectivity index is 2.30. The summed E-state index contributed by atoms with van der Waals surface area (Å²) in [6, 6.07) is 9.37. The summed E-state index contributed by atoms with van der Waals surface area (Å²) in [5, 5.41) is 2.07. The molecule has 0 saturated carbocycles. The lowest BCUT2D eigenvalue weighted by atomic mass is 10.1. The molecule has 0 radical (unpaired) electrons. The van der Waals surface area contributed by atoms with Crippen molar-refractivity contribution in [3.8, 4) is 0 Å². The smallest absolute Gasteiger partial charge is 0.123 e. The maximum absolute atomic E-state index is 13.4. The molecular weight excluding hydrogens is 259 g/mol. The molecule has 1 unspecified atom stereocenters. The van der Waals surface area contributed by atoms with Crippen LogP contribution in [-0.4, -0.2) is 13.6 Å². The average Bonchev–Trinajstić information content (AvgIpc) is 2.91. The second kappa shape index (κ2) is 6.17. The summed E-state index contributed by atoms with van der Waals surface area (Å²) >= 11 is 1.74. The molecule has 4 heteroatoms. The van der Waals surface area contributed by atoms with Crippen molar-refractivity contribution in [3.05, 3.63) is 52.0 Å². The van der Waals surface area contributed by atoms with Crippen molar-refractivity contribution in [3.63, 3.8) is 0 Å². The summed E-state index contributed by atoms with van der Waals surface area (Å²) in [6.07, 6.45) is 0.689. The van der Waals surface area contributed by atoms with Crippen LogP contribution < -0.4 is 10.6 Å². The molecule has 2 N–H and O–H groups in total. The van der Waals surface area contributed by atoms with Crippen molar-refractivity contribution in [1.29, 1.82) is 0 Å². The van der Waals surface area contributed by atoms with E-state index in [-0.39, 0.29) is 11.9 Å². The number of hydrogen-bond acceptors (Lipinski definition) is 3. The molecule has 19 heavy (non-hydrogen) atoms. The van der Waals surface area contributed by atoms with Gasteiger partial charge in [-0.1, -0.05) is 6.07 Å². The Morgan fingerprint density at radius 1 is 1.37 bits per heavy atom. The maximum Gasteiger partial charge on any atom is 0.123 e. The zero-order valence-electron chi connectivity index (χ0n) is 11.3. The maximum atomic E-state index is 13.4. The van der Waals surface area contributed by atoms with Crippen LogP contribution in [0.2, 0.25) is 0 Å². The summed E-state index contributed by atoms with van der Waals surface area (Å²) in [5.41, 5.74) is 7.63. The third-order valence-corrected chi connectivity index (χ3v) is 4.41. The van der Waals surface area contributed by atoms with E-state index in [4.69, 9.17) is 5.73 Å². The Morgan fingerprint density at radius 3 is 2.79 bits per heavy atom. The second-order valence-electron chi connectivity index (χ2n) is 4.61. The van der Waals surface area contributed by atoms with Gasteiger partial charge in [-0.3, -0.25) is 0 Å². The fraction of sp³-hybridized carbons (Fsp3) is 0.333. The first kappa shape index (κ1) is 14.0. The van der Waals surface area contributed by atoms with Gasteiger partial charge in [-0.05, 0) is 55.1 Å². The molecule has 0 bridgehead atoms. The largest absolute Gasteiger partial charge is 0.367 e. The highest BCUT2D eigenvalue weighted by Gasteiger charge is 2.16. The SMILES string of the molecule is CC(c1cccs1)N(C)c1ccc(F)cc1CCN. The molecule has 2 rings (SSSR count). The van der Waals surface area contributed by atoms with Gasteiger partial charge in [0.05, 0.1) is 6.04 Å². The quantitative estimate of drug-likeness (QED) is 0.905. The molecule has 1 atom stereocenters. The van der Waals surface area contributed by atoms with E-state index in [0.717, 1.165) is 11.3 Å². The molecule has 0 aliphatic rings. The van der Waals surface area contributed by atoms with Gasteiger partial charge in [0, 0.05) is 17.6 Å². The van der Waals surface area contributed by atoms with Crippen LogP contribution in [-0.2, 0) is 6.42 Å². The summed E-state index contributed by atoms with van der Waals surface area (Å²) < 4.78 is 13.4. The third kappa shape index (κ3) is 3.14. The van der Waals surface area contributed by atoms with E-state index in [1.54, 1.807) is 17.4 Å². The van der Waals surface area contributed by atoms with Gasteiger partial charge in [0.1, 0.15) is 5.82 Å². The molecule has 0 saturated heterocycles. The fourth-order valence-corrected chi connectivity index (χ4v) is 3.01. The summed E-state index contributed by atoms with van der Waals surface area (Å²) in [5.74, 6) is -0.204. The molecule has 0 aliphatic heterocycles. The van der Waals surface area contributed by atoms with Crippen molar-refractivity contribution in [2.75, 3.05) is 18.5 Å². The monoisotopic (exact) mass is 278 g/mol. The Bertz CT molecular complexity index is 525. The lowest BCUT2D eigenvalue weighted by Gasteiger charge is -2.28. The molecule has 0 fully saturated rings. The molecule has 0 spiro atoms. The minimum atomic E-state index is -0.204. The molecule has 1 heterocycles. The third-order valence-electron chi connectivity index (χ3n) is 3.37. The number of nitrogens with zero attached hydrogens (tertiary/aromatic N) is 1. The van der Waals surface area contributed by atoms with E-state index in [1.807, 2.05) is 13.1 Å². The molecule has 0 aliphatic carbocycles. The van der Waals surface area contributed by atoms with Gasteiger partial charge in [0.25, 0.3) is 0 Å². The number of hydrogen-bond donors (Lipinski definition) is 1. The van der Waals surface area contributed by atoms with Gasteiger partial charge in [-0.2, -0.15) is 0 Å². The number of nitrogens with two attached hydrogens (primary N) is 1. The van der Waals surface area contributed by atoms with Crippen LogP contribution in [0.5, 0.6) is 0 Å². The summed E-state index contributed by atoms with van der Waals surface area (Å²) in [7, 11) is 2.04. The van der Waals surface area contributed by atoms with Gasteiger partial charge in [-0.15, -0.1) is 11.3 Å². The van der Waals surface area contributed by atoms with Crippen molar-refractivity contribution >= 4 is 17.0 Å². The Kier molecular flexibility index (Phi) is 4.56. The van der Waals surface area contributed by atoms with Gasteiger partial charge >= 0.3 is 0 Å². The minimum Gasteiger partial charge on any atom is -0.367 e. The lowest BCUT2D eigenvalue weighted by molar-refractivity contribution is 0.624. The Hall–Kier alpha value is -1.39. The number of benzene rings is 1. The van der Waals surface area contributed by atoms with E-state index in [1.165, 1.54) is 10.9 Å². The fourth-order valence-electron chi connectivity index (χ4n) is 2.18. The molecule has 102 valence electrons. The van der Waals surface area contributed by atoms with Crippen molar-refractivity contribution in [2.24, 2.45) is 5.73 Å². The van der Waals surface area contributed by atoms with Gasteiger partial charge < -0.3 is 10.6 Å². The van der Waals surface area contributed by atoms with Crippen LogP contribution in [0.15, 0.2) is 35.7 Å². The lowest BCUT2D eigenvalue weighted by Crippen LogP contribution is -2.22. The van der Waals surface area contributed by atoms with Crippen LogP contribution in [0.3, 0.4) is 0 Å². The second-order valence-corrected chi connectivity index (χ2v) is 5.59. The normalized spacial score (nSPS) is 12.4. The molecular formula is C15H19FN2S. The van der Waals surface area contributed by atoms with Crippen molar-refractivity contribution < 1.29 is 4.39 Å². The first-order valence-corrected chi connectivity index (χ1v) is 7.26. The molecule has 1 aromatic heterocycles. The standard InChI is InChI=1S/C15H19FN2S/c1-11(15-4-3-9-19-15)18(2)14-6-5-13(16)10-12(14)7-8-17/h3-6,9-11H,7-8,17H2,1-2H3. The zero-order chi connectivity index (χ0) is 13.8. The zero-order valence-corrected chi connectivity index (χ0v) is 12.1. The number of anilines is 1. The first-order chi connectivity index (χ1) is 9.13. The van der Waals surface area contributed by atoms with Gasteiger partial charge in [0.15, 0.2) is 0 Å². The van der Waals surface area contributed by atoms with E-state index in [9.17, 15) is 4.39 Å². The summed E-state index contributed by atoms with van der Waals surface area (Å²) in [6.45, 7) is 2.68. The topological polar surface area (TPSA) is 29.3 Å². The number of rotatable bonds is 5. The molecule has 2 aromatic rings. The highest BCUT2D eigenvalue weighted by atomic mass is 32.1. The van der Waals surface area contributed by atoms with Crippen molar-refractivity contribution in [2.45, 2.75) is 19.4 Å². The average molecular weight is 278 g/mol. The van der Waals surface area contributed by atoms with Crippen LogP contribution in [0.4, 0.5) is 10.1 Å². The Morgan fingerprint density at radius 2 is 2.16 bits per heavy atom. The minimum absolute atomic E-state index is 0.204. The van der Waals surface area contributed by atoms with Crippen LogP contribution >= 0.6 is 11.3 Å². The molecule has 1 aromatic carbocycles. The molecule has 0 amide bonds. The predicted octanol–water partition coefficient (Wildman–Crippen LogP) is 3.59. The highest BCUT2D eigenvalue weighted by molar-refractivity contribution is 7.10. The van der Waals surface area contributed by atoms with Crippen molar-refractivity contribution in [1.82, 2.24) is 0 Å². The number of halogens is 1. The van der Waals surface area contributed by atoms with E-state index < -0.39 is 0 Å².